The van der Waals surface area contributed by atoms with E-state index in [0.717, 1.165) is 10.2 Å². The minimum Gasteiger partial charge on any atom is -0.484 e. The van der Waals surface area contributed by atoms with Crippen LogP contribution in [0.2, 0.25) is 0 Å². The van der Waals surface area contributed by atoms with Gasteiger partial charge in [-0.05, 0) is 28.1 Å². The Morgan fingerprint density at radius 2 is 2.19 bits per heavy atom. The molecular formula is C10H10BrN3O2. The monoisotopic (exact) mass is 283 g/mol. The van der Waals surface area contributed by atoms with Gasteiger partial charge in [-0.15, -0.1) is 0 Å². The highest BCUT2D eigenvalue weighted by molar-refractivity contribution is 9.10. The largest absolute Gasteiger partial charge is 0.484 e. The fourth-order valence-corrected chi connectivity index (χ4v) is 1.54. The Bertz CT molecular complexity index is 473. The van der Waals surface area contributed by atoms with Gasteiger partial charge in [-0.1, -0.05) is 17.3 Å². The number of halogens is 1. The van der Waals surface area contributed by atoms with Gasteiger partial charge in [0.05, 0.1) is 11.0 Å². The summed E-state index contributed by atoms with van der Waals surface area (Å²) < 4.78 is 11.2. The van der Waals surface area contributed by atoms with Crippen LogP contribution in [0.4, 0.5) is 0 Å². The van der Waals surface area contributed by atoms with E-state index in [9.17, 15) is 0 Å². The second-order valence-corrected chi connectivity index (χ2v) is 3.88. The lowest BCUT2D eigenvalue weighted by Crippen LogP contribution is -2.00. The third kappa shape index (κ3) is 2.59. The van der Waals surface area contributed by atoms with Crippen LogP contribution in [0.5, 0.6) is 5.75 Å². The smallest absolute Gasteiger partial charge is 0.240 e. The van der Waals surface area contributed by atoms with E-state index in [-0.39, 0.29) is 13.2 Å². The summed E-state index contributed by atoms with van der Waals surface area (Å²) in [5.41, 5.74) is 5.35. The van der Waals surface area contributed by atoms with Gasteiger partial charge in [-0.3, -0.25) is 0 Å². The Morgan fingerprint density at radius 3 is 2.88 bits per heavy atom. The molecule has 0 bridgehead atoms. The van der Waals surface area contributed by atoms with Crippen LogP contribution in [-0.2, 0) is 13.2 Å². The van der Waals surface area contributed by atoms with Gasteiger partial charge in [0.1, 0.15) is 5.75 Å². The number of rotatable bonds is 4. The van der Waals surface area contributed by atoms with Crippen molar-refractivity contribution in [1.82, 2.24) is 10.1 Å². The topological polar surface area (TPSA) is 74.2 Å². The predicted octanol–water partition coefficient (Wildman–Crippen LogP) is 1.87. The Morgan fingerprint density at radius 1 is 1.38 bits per heavy atom. The molecule has 0 saturated carbocycles. The molecule has 2 N–H and O–H groups in total. The first-order valence-electron chi connectivity index (χ1n) is 4.68. The Labute approximate surface area is 101 Å². The molecule has 2 aromatic rings. The van der Waals surface area contributed by atoms with E-state index in [0.29, 0.717) is 11.7 Å². The lowest BCUT2D eigenvalue weighted by Gasteiger charge is -2.04. The molecule has 5 nitrogen and oxygen atoms in total. The summed E-state index contributed by atoms with van der Waals surface area (Å²) in [6, 6.07) is 7.56. The van der Waals surface area contributed by atoms with E-state index in [4.69, 9.17) is 15.0 Å². The molecule has 16 heavy (non-hydrogen) atoms. The van der Waals surface area contributed by atoms with Crippen LogP contribution in [0.15, 0.2) is 33.3 Å². The van der Waals surface area contributed by atoms with Crippen LogP contribution in [0.3, 0.4) is 0 Å². The second kappa shape index (κ2) is 5.09. The van der Waals surface area contributed by atoms with Crippen LogP contribution in [0.25, 0.3) is 0 Å². The highest BCUT2D eigenvalue weighted by Crippen LogP contribution is 2.24. The van der Waals surface area contributed by atoms with E-state index in [1.165, 1.54) is 0 Å². The molecule has 0 amide bonds. The number of benzene rings is 1. The maximum atomic E-state index is 5.51. The van der Waals surface area contributed by atoms with Crippen LogP contribution in [-0.4, -0.2) is 10.1 Å². The van der Waals surface area contributed by atoms with Crippen molar-refractivity contribution in [2.75, 3.05) is 0 Å². The number of hydrogen-bond acceptors (Lipinski definition) is 5. The molecule has 1 aromatic heterocycles. The number of nitrogens with zero attached hydrogens (tertiary/aromatic N) is 2. The van der Waals surface area contributed by atoms with E-state index >= 15 is 0 Å². The van der Waals surface area contributed by atoms with Crippen molar-refractivity contribution in [2.24, 2.45) is 5.73 Å². The minimum absolute atomic E-state index is 0.238. The molecule has 0 unspecified atom stereocenters. The summed E-state index contributed by atoms with van der Waals surface area (Å²) in [7, 11) is 0. The molecule has 0 spiro atoms. The van der Waals surface area contributed by atoms with Gasteiger partial charge in [0.25, 0.3) is 0 Å². The van der Waals surface area contributed by atoms with Crippen molar-refractivity contribution >= 4 is 15.9 Å². The molecule has 0 saturated heterocycles. The molecule has 0 aliphatic heterocycles. The zero-order valence-electron chi connectivity index (χ0n) is 8.39. The van der Waals surface area contributed by atoms with Crippen molar-refractivity contribution in [3.63, 3.8) is 0 Å². The standard InChI is InChI=1S/C10H10BrN3O2/c11-7-3-1-2-4-8(7)15-6-9-13-10(5-12)16-14-9/h1-4H,5-6,12H2. The number of hydrogen-bond donors (Lipinski definition) is 1. The summed E-state index contributed by atoms with van der Waals surface area (Å²) >= 11 is 3.38. The summed E-state index contributed by atoms with van der Waals surface area (Å²) in [5.74, 6) is 1.63. The first-order chi connectivity index (χ1) is 7.79. The first kappa shape index (κ1) is 11.1. The molecule has 0 radical (unpaired) electrons. The van der Waals surface area contributed by atoms with Gasteiger partial charge in [0.2, 0.25) is 11.7 Å². The normalized spacial score (nSPS) is 10.4. The maximum Gasteiger partial charge on any atom is 0.240 e. The van der Waals surface area contributed by atoms with E-state index in [2.05, 4.69) is 26.1 Å². The van der Waals surface area contributed by atoms with Crippen molar-refractivity contribution < 1.29 is 9.26 Å². The van der Waals surface area contributed by atoms with Gasteiger partial charge >= 0.3 is 0 Å². The average Bonchev–Trinajstić information content (AvgIpc) is 2.76. The summed E-state index contributed by atoms with van der Waals surface area (Å²) in [4.78, 5) is 4.03. The predicted molar refractivity (Wildman–Crippen MR) is 60.7 cm³/mol. The van der Waals surface area contributed by atoms with Gasteiger partial charge in [-0.25, -0.2) is 0 Å². The van der Waals surface area contributed by atoms with Crippen LogP contribution in [0.1, 0.15) is 11.7 Å². The molecule has 0 aliphatic rings. The lowest BCUT2D eigenvalue weighted by molar-refractivity contribution is 0.283. The number of ether oxygens (including phenoxy) is 1. The molecular weight excluding hydrogens is 274 g/mol. The van der Waals surface area contributed by atoms with Crippen molar-refractivity contribution in [3.05, 3.63) is 40.5 Å². The number of nitrogens with two attached hydrogens (primary N) is 1. The molecule has 1 heterocycles. The number of aromatic nitrogens is 2. The summed E-state index contributed by atoms with van der Waals surface area (Å²) in [5, 5.41) is 3.73. The molecule has 6 heteroatoms. The molecule has 0 aliphatic carbocycles. The van der Waals surface area contributed by atoms with Crippen LogP contribution in [0, 0.1) is 0 Å². The molecule has 2 rings (SSSR count). The quantitative estimate of drug-likeness (QED) is 0.927. The van der Waals surface area contributed by atoms with Crippen molar-refractivity contribution in [1.29, 1.82) is 0 Å². The van der Waals surface area contributed by atoms with Gasteiger partial charge in [0.15, 0.2) is 6.61 Å². The lowest BCUT2D eigenvalue weighted by atomic mass is 10.3. The molecule has 84 valence electrons. The van der Waals surface area contributed by atoms with Gasteiger partial charge in [0, 0.05) is 0 Å². The van der Waals surface area contributed by atoms with E-state index < -0.39 is 0 Å². The fraction of sp³-hybridized carbons (Fsp3) is 0.200. The van der Waals surface area contributed by atoms with Gasteiger partial charge < -0.3 is 15.0 Å². The molecule has 0 fully saturated rings. The third-order valence-electron chi connectivity index (χ3n) is 1.88. The van der Waals surface area contributed by atoms with E-state index in [1.54, 1.807) is 0 Å². The SMILES string of the molecule is NCc1nc(COc2ccccc2Br)no1. The van der Waals surface area contributed by atoms with E-state index in [1.807, 2.05) is 24.3 Å². The fourth-order valence-electron chi connectivity index (χ4n) is 1.14. The highest BCUT2D eigenvalue weighted by atomic mass is 79.9. The Hall–Kier alpha value is -1.40. The zero-order chi connectivity index (χ0) is 11.4. The minimum atomic E-state index is 0.238. The number of para-hydroxylation sites is 1. The molecule has 1 aromatic carbocycles. The highest BCUT2D eigenvalue weighted by Gasteiger charge is 2.06. The second-order valence-electron chi connectivity index (χ2n) is 3.03. The van der Waals surface area contributed by atoms with Crippen molar-refractivity contribution in [3.8, 4) is 5.75 Å². The average molecular weight is 284 g/mol. The summed E-state index contributed by atoms with van der Waals surface area (Å²) in [6.45, 7) is 0.494. The van der Waals surface area contributed by atoms with Crippen LogP contribution < -0.4 is 10.5 Å². The van der Waals surface area contributed by atoms with Crippen molar-refractivity contribution in [2.45, 2.75) is 13.2 Å². The Balaban J connectivity index is 1.99. The molecule has 0 atom stereocenters. The first-order valence-corrected chi connectivity index (χ1v) is 5.48. The summed E-state index contributed by atoms with van der Waals surface area (Å²) in [6.07, 6.45) is 0. The zero-order valence-corrected chi connectivity index (χ0v) is 9.98. The van der Waals surface area contributed by atoms with Crippen LogP contribution >= 0.6 is 15.9 Å². The van der Waals surface area contributed by atoms with Gasteiger partial charge in [-0.2, -0.15) is 4.98 Å². The Kier molecular flexibility index (Phi) is 3.53. The maximum absolute atomic E-state index is 5.51. The third-order valence-corrected chi connectivity index (χ3v) is 2.53.